The summed E-state index contributed by atoms with van der Waals surface area (Å²) in [6.45, 7) is 5.40. The minimum absolute atomic E-state index is 0.256. The third-order valence-corrected chi connectivity index (χ3v) is 2.91. The summed E-state index contributed by atoms with van der Waals surface area (Å²) in [5.41, 5.74) is 1.39. The molecule has 4 nitrogen and oxygen atoms in total. The number of carboxylic acid groups (broad SMARTS) is 1. The summed E-state index contributed by atoms with van der Waals surface area (Å²) >= 11 is 0. The zero-order valence-electron chi connectivity index (χ0n) is 9.93. The van der Waals surface area contributed by atoms with Crippen molar-refractivity contribution in [3.8, 4) is 0 Å². The monoisotopic (exact) mass is 235 g/mol. The number of nitrogens with zero attached hydrogens (tertiary/aromatic N) is 1. The van der Waals surface area contributed by atoms with E-state index in [0.29, 0.717) is 5.56 Å². The Labute approximate surface area is 101 Å². The van der Waals surface area contributed by atoms with Crippen LogP contribution in [0.25, 0.3) is 0 Å². The van der Waals surface area contributed by atoms with Crippen LogP contribution in [0.15, 0.2) is 24.3 Å². The van der Waals surface area contributed by atoms with Gasteiger partial charge in [-0.15, -0.1) is 0 Å². The number of morpholine rings is 1. The highest BCUT2D eigenvalue weighted by Crippen LogP contribution is 2.12. The van der Waals surface area contributed by atoms with Gasteiger partial charge in [-0.25, -0.2) is 4.79 Å². The molecule has 1 atom stereocenters. The number of rotatable bonds is 3. The standard InChI is InChI=1S/C13H17NO3/c1-10-8-14(5-6-17-10)9-11-3-2-4-12(7-11)13(15)16/h2-4,7,10H,5-6,8-9H2,1H3,(H,15,16). The predicted molar refractivity (Wildman–Crippen MR) is 64.1 cm³/mol. The molecule has 1 fully saturated rings. The smallest absolute Gasteiger partial charge is 0.335 e. The van der Waals surface area contributed by atoms with Crippen molar-refractivity contribution in [3.05, 3.63) is 35.4 Å². The van der Waals surface area contributed by atoms with Crippen LogP contribution in [0.4, 0.5) is 0 Å². The number of hydrogen-bond donors (Lipinski definition) is 1. The number of hydrogen-bond acceptors (Lipinski definition) is 3. The van der Waals surface area contributed by atoms with Gasteiger partial charge in [0.25, 0.3) is 0 Å². The van der Waals surface area contributed by atoms with E-state index in [-0.39, 0.29) is 6.10 Å². The van der Waals surface area contributed by atoms with Crippen LogP contribution in [0.2, 0.25) is 0 Å². The number of ether oxygens (including phenoxy) is 1. The van der Waals surface area contributed by atoms with Crippen LogP contribution < -0.4 is 0 Å². The van der Waals surface area contributed by atoms with Gasteiger partial charge in [-0.3, -0.25) is 4.90 Å². The Morgan fingerprint density at radius 1 is 1.59 bits per heavy atom. The van der Waals surface area contributed by atoms with E-state index in [1.54, 1.807) is 18.2 Å². The van der Waals surface area contributed by atoms with Gasteiger partial charge in [-0.2, -0.15) is 0 Å². The lowest BCUT2D eigenvalue weighted by molar-refractivity contribution is -0.0212. The molecule has 1 aromatic carbocycles. The van der Waals surface area contributed by atoms with Crippen LogP contribution in [0.1, 0.15) is 22.8 Å². The first-order valence-corrected chi connectivity index (χ1v) is 5.81. The Morgan fingerprint density at radius 2 is 2.41 bits per heavy atom. The van der Waals surface area contributed by atoms with Gasteiger partial charge in [0.15, 0.2) is 0 Å². The van der Waals surface area contributed by atoms with Gasteiger partial charge in [0, 0.05) is 19.6 Å². The quantitative estimate of drug-likeness (QED) is 0.864. The van der Waals surface area contributed by atoms with E-state index in [1.165, 1.54) is 0 Å². The van der Waals surface area contributed by atoms with Gasteiger partial charge in [-0.1, -0.05) is 12.1 Å². The van der Waals surface area contributed by atoms with Gasteiger partial charge >= 0.3 is 5.97 Å². The van der Waals surface area contributed by atoms with E-state index in [1.807, 2.05) is 6.07 Å². The average molecular weight is 235 g/mol. The van der Waals surface area contributed by atoms with E-state index in [0.717, 1.165) is 31.8 Å². The van der Waals surface area contributed by atoms with Gasteiger partial charge in [0.05, 0.1) is 18.3 Å². The molecule has 1 aliphatic rings. The van der Waals surface area contributed by atoms with Crippen molar-refractivity contribution in [1.29, 1.82) is 0 Å². The van der Waals surface area contributed by atoms with Gasteiger partial charge in [-0.05, 0) is 24.6 Å². The molecule has 0 saturated carbocycles. The molecule has 0 aromatic heterocycles. The zero-order valence-corrected chi connectivity index (χ0v) is 9.93. The second-order valence-electron chi connectivity index (χ2n) is 4.42. The first-order valence-electron chi connectivity index (χ1n) is 5.81. The molecule has 0 amide bonds. The number of carboxylic acids is 1. The number of aromatic carboxylic acids is 1. The SMILES string of the molecule is CC1CN(Cc2cccc(C(=O)O)c2)CCO1. The van der Waals surface area contributed by atoms with Gasteiger partial charge in [0.1, 0.15) is 0 Å². The number of carbonyl (C=O) groups is 1. The fraction of sp³-hybridized carbons (Fsp3) is 0.462. The Balaban J connectivity index is 2.02. The lowest BCUT2D eigenvalue weighted by Gasteiger charge is -2.31. The normalized spacial score (nSPS) is 21.4. The topological polar surface area (TPSA) is 49.8 Å². The molecule has 1 saturated heterocycles. The van der Waals surface area contributed by atoms with E-state index in [2.05, 4.69) is 11.8 Å². The molecule has 0 spiro atoms. The van der Waals surface area contributed by atoms with Gasteiger partial charge in [0.2, 0.25) is 0 Å². The van der Waals surface area contributed by atoms with Crippen molar-refractivity contribution in [2.24, 2.45) is 0 Å². The molecule has 17 heavy (non-hydrogen) atoms. The fourth-order valence-electron chi connectivity index (χ4n) is 2.10. The third kappa shape index (κ3) is 3.28. The summed E-state index contributed by atoms with van der Waals surface area (Å²) in [5.74, 6) is -0.873. The van der Waals surface area contributed by atoms with Crippen LogP contribution in [0, 0.1) is 0 Å². The Kier molecular flexibility index (Phi) is 3.76. The summed E-state index contributed by atoms with van der Waals surface area (Å²) < 4.78 is 5.47. The summed E-state index contributed by atoms with van der Waals surface area (Å²) in [5, 5.41) is 8.92. The molecule has 0 bridgehead atoms. The van der Waals surface area contributed by atoms with Crippen LogP contribution in [0.5, 0.6) is 0 Å². The van der Waals surface area contributed by atoms with Crippen LogP contribution in [-0.2, 0) is 11.3 Å². The zero-order chi connectivity index (χ0) is 12.3. The van der Waals surface area contributed by atoms with Crippen LogP contribution >= 0.6 is 0 Å². The van der Waals surface area contributed by atoms with Crippen molar-refractivity contribution >= 4 is 5.97 Å². The van der Waals surface area contributed by atoms with Crippen LogP contribution in [0.3, 0.4) is 0 Å². The molecule has 1 aromatic rings. The Morgan fingerprint density at radius 3 is 3.12 bits per heavy atom. The Hall–Kier alpha value is -1.39. The highest BCUT2D eigenvalue weighted by atomic mass is 16.5. The van der Waals surface area contributed by atoms with E-state index >= 15 is 0 Å². The lowest BCUT2D eigenvalue weighted by Crippen LogP contribution is -2.40. The predicted octanol–water partition coefficient (Wildman–Crippen LogP) is 1.61. The Bertz CT molecular complexity index is 405. The lowest BCUT2D eigenvalue weighted by atomic mass is 10.1. The van der Waals surface area contributed by atoms with Gasteiger partial charge < -0.3 is 9.84 Å². The minimum atomic E-state index is -0.873. The molecule has 1 N–H and O–H groups in total. The highest BCUT2D eigenvalue weighted by Gasteiger charge is 2.16. The molecule has 92 valence electrons. The summed E-state index contributed by atoms with van der Waals surface area (Å²) in [7, 11) is 0. The van der Waals surface area contributed by atoms with Crippen molar-refractivity contribution < 1.29 is 14.6 Å². The second-order valence-corrected chi connectivity index (χ2v) is 4.42. The fourth-order valence-corrected chi connectivity index (χ4v) is 2.10. The molecule has 0 aliphatic carbocycles. The molecular weight excluding hydrogens is 218 g/mol. The first kappa shape index (κ1) is 12.1. The number of benzene rings is 1. The maximum absolute atomic E-state index is 10.9. The van der Waals surface area contributed by atoms with E-state index in [4.69, 9.17) is 9.84 Å². The average Bonchev–Trinajstić information content (AvgIpc) is 2.29. The molecule has 1 aliphatic heterocycles. The highest BCUT2D eigenvalue weighted by molar-refractivity contribution is 5.87. The maximum atomic E-state index is 10.9. The minimum Gasteiger partial charge on any atom is -0.478 e. The van der Waals surface area contributed by atoms with Crippen molar-refractivity contribution in [2.75, 3.05) is 19.7 Å². The molecule has 1 heterocycles. The molecule has 0 radical (unpaired) electrons. The largest absolute Gasteiger partial charge is 0.478 e. The second kappa shape index (κ2) is 5.29. The maximum Gasteiger partial charge on any atom is 0.335 e. The summed E-state index contributed by atoms with van der Waals surface area (Å²) in [4.78, 5) is 13.2. The first-order chi connectivity index (χ1) is 8.15. The molecule has 2 rings (SSSR count). The molecule has 4 heteroatoms. The van der Waals surface area contributed by atoms with Crippen molar-refractivity contribution in [3.63, 3.8) is 0 Å². The van der Waals surface area contributed by atoms with Crippen LogP contribution in [-0.4, -0.2) is 41.8 Å². The van der Waals surface area contributed by atoms with E-state index < -0.39 is 5.97 Å². The summed E-state index contributed by atoms with van der Waals surface area (Å²) in [6, 6.07) is 7.12. The molecular formula is C13H17NO3. The third-order valence-electron chi connectivity index (χ3n) is 2.91. The molecule has 1 unspecified atom stereocenters. The van der Waals surface area contributed by atoms with Crippen molar-refractivity contribution in [1.82, 2.24) is 4.90 Å². The van der Waals surface area contributed by atoms with E-state index in [9.17, 15) is 4.79 Å². The summed E-state index contributed by atoms with van der Waals surface area (Å²) in [6.07, 6.45) is 0.256. The van der Waals surface area contributed by atoms with Crippen molar-refractivity contribution in [2.45, 2.75) is 19.6 Å².